The fourth-order valence-corrected chi connectivity index (χ4v) is 1.09. The van der Waals surface area contributed by atoms with Crippen molar-refractivity contribution >= 4 is 17.7 Å². The van der Waals surface area contributed by atoms with E-state index in [0.717, 1.165) is 0 Å². The fraction of sp³-hybridized carbons (Fsp3) is 0.889. The molecule has 0 N–H and O–H groups in total. The summed E-state index contributed by atoms with van der Waals surface area (Å²) in [6.45, 7) is 8.74. The molecule has 12 heavy (non-hydrogen) atoms. The highest BCUT2D eigenvalue weighted by Crippen LogP contribution is 2.09. The second-order valence-corrected chi connectivity index (χ2v) is 5.00. The summed E-state index contributed by atoms with van der Waals surface area (Å²) < 4.78 is 4.99. The van der Waals surface area contributed by atoms with Crippen LogP contribution in [0.15, 0.2) is 0 Å². The molecule has 0 radical (unpaired) electrons. The first kappa shape index (κ1) is 11.8. The second kappa shape index (κ2) is 6.35. The molecule has 0 amide bonds. The summed E-state index contributed by atoms with van der Waals surface area (Å²) in [5.41, 5.74) is 0. The van der Waals surface area contributed by atoms with E-state index in [1.807, 2.05) is 13.8 Å². The van der Waals surface area contributed by atoms with Gasteiger partial charge >= 0.3 is 5.97 Å². The Bertz CT molecular complexity index is 118. The third-order valence-electron chi connectivity index (χ3n) is 1.11. The Balaban J connectivity index is 3.34. The number of ether oxygens (including phenoxy) is 1. The fourth-order valence-electron chi connectivity index (χ4n) is 0.536. The summed E-state index contributed by atoms with van der Waals surface area (Å²) in [6.07, 6.45) is 0. The van der Waals surface area contributed by atoms with Crippen molar-refractivity contribution in [3.8, 4) is 0 Å². The summed E-state index contributed by atoms with van der Waals surface area (Å²) in [4.78, 5) is 11.0. The van der Waals surface area contributed by atoms with Gasteiger partial charge in [0.15, 0.2) is 0 Å². The molecule has 72 valence electrons. The molecule has 0 rings (SSSR count). The molecule has 0 aliphatic heterocycles. The molecule has 0 fully saturated rings. The van der Waals surface area contributed by atoms with E-state index >= 15 is 0 Å². The van der Waals surface area contributed by atoms with Gasteiger partial charge < -0.3 is 4.74 Å². The number of thioether (sulfide) groups is 1. The van der Waals surface area contributed by atoms with E-state index in [2.05, 4.69) is 13.8 Å². The van der Waals surface area contributed by atoms with Crippen LogP contribution in [0.3, 0.4) is 0 Å². The van der Waals surface area contributed by atoms with Crippen LogP contribution in [0.5, 0.6) is 0 Å². The highest BCUT2D eigenvalue weighted by Gasteiger charge is 2.05. The van der Waals surface area contributed by atoms with Gasteiger partial charge in [-0.15, -0.1) is 11.8 Å². The molecular weight excluding hydrogens is 172 g/mol. The van der Waals surface area contributed by atoms with Crippen molar-refractivity contribution in [1.29, 1.82) is 0 Å². The second-order valence-electron chi connectivity index (χ2n) is 3.44. The van der Waals surface area contributed by atoms with Crippen LogP contribution in [0.25, 0.3) is 0 Å². The van der Waals surface area contributed by atoms with E-state index in [1.165, 1.54) is 0 Å². The van der Waals surface area contributed by atoms with Crippen LogP contribution in [-0.2, 0) is 9.53 Å². The number of carbonyl (C=O) groups is 1. The van der Waals surface area contributed by atoms with Crippen molar-refractivity contribution < 1.29 is 9.53 Å². The van der Waals surface area contributed by atoms with Gasteiger partial charge in [-0.2, -0.15) is 0 Å². The molecule has 0 aromatic rings. The molecule has 0 aliphatic carbocycles. The Hall–Kier alpha value is -0.180. The molecular formula is C9H18O2S. The number of hydrogen-bond acceptors (Lipinski definition) is 3. The summed E-state index contributed by atoms with van der Waals surface area (Å²) in [5, 5.41) is 0.497. The number of hydrogen-bond donors (Lipinski definition) is 0. The van der Waals surface area contributed by atoms with Gasteiger partial charge in [-0.25, -0.2) is 0 Å². The monoisotopic (exact) mass is 190 g/mol. The third kappa shape index (κ3) is 7.92. The van der Waals surface area contributed by atoms with Crippen molar-refractivity contribution in [1.82, 2.24) is 0 Å². The molecule has 0 bridgehead atoms. The molecule has 0 heterocycles. The third-order valence-corrected chi connectivity index (χ3v) is 2.18. The van der Waals surface area contributed by atoms with Gasteiger partial charge in [0.05, 0.1) is 12.4 Å². The Labute approximate surface area is 79.1 Å². The van der Waals surface area contributed by atoms with Crippen LogP contribution in [0.1, 0.15) is 27.7 Å². The maximum Gasteiger partial charge on any atom is 0.315 e. The maximum absolute atomic E-state index is 11.0. The Morgan fingerprint density at radius 1 is 1.33 bits per heavy atom. The summed E-state index contributed by atoms with van der Waals surface area (Å²) in [6, 6.07) is 0. The van der Waals surface area contributed by atoms with Gasteiger partial charge in [-0.05, 0) is 11.2 Å². The Kier molecular flexibility index (Phi) is 6.25. The topological polar surface area (TPSA) is 26.3 Å². The van der Waals surface area contributed by atoms with Gasteiger partial charge in [0.25, 0.3) is 0 Å². The lowest BCUT2D eigenvalue weighted by atomic mass is 10.2. The lowest BCUT2D eigenvalue weighted by Crippen LogP contribution is -2.12. The molecule has 0 aromatic carbocycles. The Morgan fingerprint density at radius 3 is 2.33 bits per heavy atom. The molecule has 3 heteroatoms. The molecule has 0 saturated heterocycles. The lowest BCUT2D eigenvalue weighted by molar-refractivity contribution is -0.141. The quantitative estimate of drug-likeness (QED) is 0.622. The number of rotatable bonds is 5. The van der Waals surface area contributed by atoms with E-state index in [9.17, 15) is 4.79 Å². The predicted octanol–water partition coefficient (Wildman–Crippen LogP) is 2.33. The highest BCUT2D eigenvalue weighted by molar-refractivity contribution is 8.00. The first-order valence-corrected chi connectivity index (χ1v) is 5.34. The zero-order chi connectivity index (χ0) is 9.56. The number of esters is 1. The van der Waals surface area contributed by atoms with Crippen LogP contribution in [-0.4, -0.2) is 23.6 Å². The largest absolute Gasteiger partial charge is 0.465 e. The lowest BCUT2D eigenvalue weighted by Gasteiger charge is -2.07. The molecule has 0 spiro atoms. The molecule has 0 unspecified atom stereocenters. The van der Waals surface area contributed by atoms with E-state index in [-0.39, 0.29) is 5.97 Å². The normalized spacial score (nSPS) is 10.8. The molecule has 0 aliphatic rings. The maximum atomic E-state index is 11.0. The molecule has 2 nitrogen and oxygen atoms in total. The standard InChI is InChI=1S/C9H18O2S/c1-7(2)5-11-9(10)6-12-8(3)4/h7-8H,5-6H2,1-4H3. The van der Waals surface area contributed by atoms with Crippen molar-refractivity contribution in [3.05, 3.63) is 0 Å². The van der Waals surface area contributed by atoms with Crippen molar-refractivity contribution in [2.45, 2.75) is 32.9 Å². The molecule has 0 saturated carbocycles. The average molecular weight is 190 g/mol. The van der Waals surface area contributed by atoms with Crippen molar-refractivity contribution in [2.24, 2.45) is 5.92 Å². The van der Waals surface area contributed by atoms with E-state index in [1.54, 1.807) is 11.8 Å². The first-order valence-electron chi connectivity index (χ1n) is 4.29. The predicted molar refractivity (Wildman–Crippen MR) is 53.4 cm³/mol. The minimum atomic E-state index is -0.0950. The smallest absolute Gasteiger partial charge is 0.315 e. The summed E-state index contributed by atoms with van der Waals surface area (Å²) in [7, 11) is 0. The van der Waals surface area contributed by atoms with Crippen LogP contribution in [0.2, 0.25) is 0 Å². The van der Waals surface area contributed by atoms with Crippen molar-refractivity contribution in [3.63, 3.8) is 0 Å². The zero-order valence-electron chi connectivity index (χ0n) is 8.29. The SMILES string of the molecule is CC(C)COC(=O)CSC(C)C. The van der Waals surface area contributed by atoms with Gasteiger partial charge in [0.2, 0.25) is 0 Å². The molecule has 0 aromatic heterocycles. The first-order chi connectivity index (χ1) is 5.52. The van der Waals surface area contributed by atoms with Gasteiger partial charge in [-0.1, -0.05) is 27.7 Å². The van der Waals surface area contributed by atoms with Crippen LogP contribution in [0.4, 0.5) is 0 Å². The van der Waals surface area contributed by atoms with Gasteiger partial charge in [0.1, 0.15) is 0 Å². The minimum Gasteiger partial charge on any atom is -0.465 e. The molecule has 0 atom stereocenters. The van der Waals surface area contributed by atoms with Gasteiger partial charge in [-0.3, -0.25) is 4.79 Å². The highest BCUT2D eigenvalue weighted by atomic mass is 32.2. The van der Waals surface area contributed by atoms with Gasteiger partial charge in [0, 0.05) is 0 Å². The summed E-state index contributed by atoms with van der Waals surface area (Å²) in [5.74, 6) is 0.810. The average Bonchev–Trinajstić information content (AvgIpc) is 1.96. The summed E-state index contributed by atoms with van der Waals surface area (Å²) >= 11 is 1.62. The van der Waals surface area contributed by atoms with E-state index in [0.29, 0.717) is 23.5 Å². The van der Waals surface area contributed by atoms with E-state index < -0.39 is 0 Å². The number of carbonyl (C=O) groups excluding carboxylic acids is 1. The van der Waals surface area contributed by atoms with Crippen molar-refractivity contribution in [2.75, 3.05) is 12.4 Å². The minimum absolute atomic E-state index is 0.0950. The van der Waals surface area contributed by atoms with Crippen LogP contribution in [0, 0.1) is 5.92 Å². The van der Waals surface area contributed by atoms with Crippen LogP contribution >= 0.6 is 11.8 Å². The zero-order valence-corrected chi connectivity index (χ0v) is 9.11. The van der Waals surface area contributed by atoms with E-state index in [4.69, 9.17) is 4.74 Å². The Morgan fingerprint density at radius 2 is 1.92 bits per heavy atom. The van der Waals surface area contributed by atoms with Crippen LogP contribution < -0.4 is 0 Å².